The van der Waals surface area contributed by atoms with Crippen LogP contribution in [0.3, 0.4) is 0 Å². The highest BCUT2D eigenvalue weighted by atomic mass is 16.3. The summed E-state index contributed by atoms with van der Waals surface area (Å²) in [5.74, 6) is 0.330. The summed E-state index contributed by atoms with van der Waals surface area (Å²) >= 11 is 0. The van der Waals surface area contributed by atoms with Crippen molar-refractivity contribution in [2.45, 2.75) is 39.7 Å². The molecule has 1 N–H and O–H groups in total. The van der Waals surface area contributed by atoms with Crippen molar-refractivity contribution in [3.05, 3.63) is 12.2 Å². The van der Waals surface area contributed by atoms with E-state index in [2.05, 4.69) is 32.9 Å². The second-order valence-electron chi connectivity index (χ2n) is 4.43. The summed E-state index contributed by atoms with van der Waals surface area (Å²) in [5, 5.41) is 9.64. The first kappa shape index (κ1) is 8.79. The highest BCUT2D eigenvalue weighted by Gasteiger charge is 2.25. The second-order valence-corrected chi connectivity index (χ2v) is 4.43. The van der Waals surface area contributed by atoms with E-state index in [1.807, 2.05) is 0 Å². The minimum atomic E-state index is -0.149. The van der Waals surface area contributed by atoms with Gasteiger partial charge in [0.1, 0.15) is 0 Å². The molecular weight excluding hydrogens is 136 g/mol. The van der Waals surface area contributed by atoms with E-state index in [-0.39, 0.29) is 11.5 Å². The van der Waals surface area contributed by atoms with Crippen LogP contribution in [-0.4, -0.2) is 11.2 Å². The third kappa shape index (κ3) is 2.33. The molecule has 0 saturated heterocycles. The van der Waals surface area contributed by atoms with E-state index >= 15 is 0 Å². The van der Waals surface area contributed by atoms with Crippen LogP contribution in [0.4, 0.5) is 0 Å². The lowest BCUT2D eigenvalue weighted by molar-refractivity contribution is 0.0903. The lowest BCUT2D eigenvalue weighted by Crippen LogP contribution is -2.22. The van der Waals surface area contributed by atoms with Crippen LogP contribution >= 0.6 is 0 Å². The highest BCUT2D eigenvalue weighted by Crippen LogP contribution is 2.32. The van der Waals surface area contributed by atoms with Crippen molar-refractivity contribution in [3.63, 3.8) is 0 Å². The van der Waals surface area contributed by atoms with Gasteiger partial charge in [-0.15, -0.1) is 0 Å². The van der Waals surface area contributed by atoms with Crippen LogP contribution in [0, 0.1) is 11.3 Å². The van der Waals surface area contributed by atoms with Crippen molar-refractivity contribution in [2.24, 2.45) is 11.3 Å². The van der Waals surface area contributed by atoms with Gasteiger partial charge in [-0.25, -0.2) is 0 Å². The summed E-state index contributed by atoms with van der Waals surface area (Å²) in [5.41, 5.74) is 0.278. The van der Waals surface area contributed by atoms with Crippen LogP contribution in [0.2, 0.25) is 0 Å². The zero-order valence-corrected chi connectivity index (χ0v) is 7.67. The smallest absolute Gasteiger partial charge is 0.0605 e. The van der Waals surface area contributed by atoms with Crippen LogP contribution in [0.5, 0.6) is 0 Å². The van der Waals surface area contributed by atoms with E-state index in [0.29, 0.717) is 5.92 Å². The molecule has 0 bridgehead atoms. The van der Waals surface area contributed by atoms with Crippen molar-refractivity contribution >= 4 is 0 Å². The number of aliphatic hydroxyl groups excluding tert-OH is 1. The van der Waals surface area contributed by atoms with Gasteiger partial charge in [-0.05, 0) is 24.2 Å². The van der Waals surface area contributed by atoms with Crippen LogP contribution in [-0.2, 0) is 0 Å². The molecule has 0 heterocycles. The molecule has 11 heavy (non-hydrogen) atoms. The molecule has 1 rings (SSSR count). The van der Waals surface area contributed by atoms with Crippen molar-refractivity contribution in [1.29, 1.82) is 0 Å². The maximum absolute atomic E-state index is 9.64. The van der Waals surface area contributed by atoms with Crippen LogP contribution in [0.25, 0.3) is 0 Å². The maximum Gasteiger partial charge on any atom is 0.0605 e. The standard InChI is InChI=1S/C10H18O/c1-8-5-4-6-10(2,3)7-9(8)11/h4-5,8-9,11H,6-7H2,1-3H3/t8-,9+/m1/s1. The van der Waals surface area contributed by atoms with Crippen molar-refractivity contribution in [3.8, 4) is 0 Å². The number of allylic oxidation sites excluding steroid dienone is 1. The highest BCUT2D eigenvalue weighted by molar-refractivity contribution is 4.98. The molecular formula is C10H18O. The van der Waals surface area contributed by atoms with Crippen LogP contribution < -0.4 is 0 Å². The Labute approximate surface area is 69.1 Å². The second kappa shape index (κ2) is 2.98. The molecule has 0 fully saturated rings. The topological polar surface area (TPSA) is 20.2 Å². The quantitative estimate of drug-likeness (QED) is 0.531. The fourth-order valence-electron chi connectivity index (χ4n) is 1.57. The van der Waals surface area contributed by atoms with E-state index in [0.717, 1.165) is 12.8 Å². The number of hydrogen-bond acceptors (Lipinski definition) is 1. The molecule has 0 amide bonds. The van der Waals surface area contributed by atoms with Gasteiger partial charge in [0.05, 0.1) is 6.10 Å². The normalized spacial score (nSPS) is 36.7. The lowest BCUT2D eigenvalue weighted by Gasteiger charge is -2.25. The van der Waals surface area contributed by atoms with Crippen molar-refractivity contribution in [2.75, 3.05) is 0 Å². The number of hydrogen-bond donors (Lipinski definition) is 1. The summed E-state index contributed by atoms with van der Waals surface area (Å²) < 4.78 is 0. The lowest BCUT2D eigenvalue weighted by atomic mass is 9.83. The molecule has 0 radical (unpaired) electrons. The van der Waals surface area contributed by atoms with Gasteiger partial charge in [-0.2, -0.15) is 0 Å². The molecule has 1 aliphatic rings. The fourth-order valence-corrected chi connectivity index (χ4v) is 1.57. The third-order valence-electron chi connectivity index (χ3n) is 2.48. The average Bonchev–Trinajstić information content (AvgIpc) is 1.93. The van der Waals surface area contributed by atoms with Gasteiger partial charge < -0.3 is 5.11 Å². The Balaban J connectivity index is 2.66. The molecule has 0 aromatic rings. The van der Waals surface area contributed by atoms with Gasteiger partial charge in [-0.3, -0.25) is 0 Å². The molecule has 1 nitrogen and oxygen atoms in total. The van der Waals surface area contributed by atoms with Crippen molar-refractivity contribution in [1.82, 2.24) is 0 Å². The molecule has 0 spiro atoms. The number of rotatable bonds is 0. The molecule has 0 aromatic carbocycles. The zero-order valence-electron chi connectivity index (χ0n) is 7.67. The summed E-state index contributed by atoms with van der Waals surface area (Å²) in [6, 6.07) is 0. The zero-order chi connectivity index (χ0) is 8.48. The van der Waals surface area contributed by atoms with Gasteiger partial charge in [0.25, 0.3) is 0 Å². The maximum atomic E-state index is 9.64. The largest absolute Gasteiger partial charge is 0.393 e. The molecule has 2 atom stereocenters. The number of aliphatic hydroxyl groups is 1. The Morgan fingerprint density at radius 3 is 2.73 bits per heavy atom. The molecule has 1 aliphatic carbocycles. The van der Waals surface area contributed by atoms with Crippen LogP contribution in [0.1, 0.15) is 33.6 Å². The minimum absolute atomic E-state index is 0.149. The summed E-state index contributed by atoms with van der Waals surface area (Å²) in [4.78, 5) is 0. The first-order chi connectivity index (χ1) is 5.01. The van der Waals surface area contributed by atoms with E-state index in [9.17, 15) is 5.11 Å². The molecule has 0 aliphatic heterocycles. The van der Waals surface area contributed by atoms with E-state index in [4.69, 9.17) is 0 Å². The van der Waals surface area contributed by atoms with E-state index < -0.39 is 0 Å². The first-order valence-corrected chi connectivity index (χ1v) is 4.36. The monoisotopic (exact) mass is 154 g/mol. The minimum Gasteiger partial charge on any atom is -0.393 e. The van der Waals surface area contributed by atoms with Gasteiger partial charge in [-0.1, -0.05) is 32.9 Å². The van der Waals surface area contributed by atoms with E-state index in [1.54, 1.807) is 0 Å². The molecule has 0 aromatic heterocycles. The predicted octanol–water partition coefficient (Wildman–Crippen LogP) is 2.36. The summed E-state index contributed by atoms with van der Waals surface area (Å²) in [7, 11) is 0. The Hall–Kier alpha value is -0.300. The van der Waals surface area contributed by atoms with Gasteiger partial charge in [0.2, 0.25) is 0 Å². The summed E-state index contributed by atoms with van der Waals surface area (Å²) in [6.45, 7) is 6.49. The summed E-state index contributed by atoms with van der Waals surface area (Å²) in [6.07, 6.45) is 6.18. The van der Waals surface area contributed by atoms with Gasteiger partial charge >= 0.3 is 0 Å². The molecule has 0 unspecified atom stereocenters. The van der Waals surface area contributed by atoms with Gasteiger partial charge in [0, 0.05) is 0 Å². The Bertz CT molecular complexity index is 158. The Kier molecular flexibility index (Phi) is 2.38. The predicted molar refractivity (Wildman–Crippen MR) is 47.3 cm³/mol. The molecule has 0 saturated carbocycles. The van der Waals surface area contributed by atoms with E-state index in [1.165, 1.54) is 0 Å². The average molecular weight is 154 g/mol. The fraction of sp³-hybridized carbons (Fsp3) is 0.800. The Morgan fingerprint density at radius 1 is 1.45 bits per heavy atom. The molecule has 1 heteroatoms. The Morgan fingerprint density at radius 2 is 2.09 bits per heavy atom. The first-order valence-electron chi connectivity index (χ1n) is 4.36. The van der Waals surface area contributed by atoms with Crippen molar-refractivity contribution < 1.29 is 5.11 Å². The van der Waals surface area contributed by atoms with Gasteiger partial charge in [0.15, 0.2) is 0 Å². The van der Waals surface area contributed by atoms with Crippen LogP contribution in [0.15, 0.2) is 12.2 Å². The SMILES string of the molecule is C[C@@H]1C=CCC(C)(C)C[C@@H]1O. The molecule has 64 valence electrons. The third-order valence-corrected chi connectivity index (χ3v) is 2.48.